The molecule has 2 N–H and O–H groups in total. The van der Waals surface area contributed by atoms with E-state index in [1.807, 2.05) is 0 Å². The summed E-state index contributed by atoms with van der Waals surface area (Å²) < 4.78 is 6.57. The number of rotatable bonds is 4. The largest absolute Gasteiger partial charge is 0.419 e. The minimum absolute atomic E-state index is 0.0103. The van der Waals surface area contributed by atoms with Gasteiger partial charge in [-0.25, -0.2) is 4.79 Å². The summed E-state index contributed by atoms with van der Waals surface area (Å²) in [7, 11) is 1.66. The van der Waals surface area contributed by atoms with Gasteiger partial charge in [0.25, 0.3) is 0 Å². The quantitative estimate of drug-likeness (QED) is 0.904. The molecule has 0 unspecified atom stereocenters. The molecule has 0 aliphatic carbocycles. The number of oxazole rings is 1. The van der Waals surface area contributed by atoms with E-state index < -0.39 is 5.76 Å². The molecule has 1 amide bonds. The number of hydrogen-bond donors (Lipinski definition) is 2. The average Bonchev–Trinajstić information content (AvgIpc) is 2.81. The van der Waals surface area contributed by atoms with E-state index in [1.165, 1.54) is 4.57 Å². The van der Waals surface area contributed by atoms with E-state index in [1.54, 1.807) is 25.2 Å². The molecule has 1 aliphatic rings. The number of piperidine rings is 1. The predicted octanol–water partition coefficient (Wildman–Crippen LogP) is 1.85. The fourth-order valence-electron chi connectivity index (χ4n) is 2.94. The number of hydrogen-bond acceptors (Lipinski definition) is 4. The Hall–Kier alpha value is -2.08. The first-order valence-electron chi connectivity index (χ1n) is 7.73. The van der Waals surface area contributed by atoms with E-state index >= 15 is 0 Å². The van der Waals surface area contributed by atoms with Gasteiger partial charge in [-0.1, -0.05) is 0 Å². The van der Waals surface area contributed by atoms with Crippen LogP contribution in [0.3, 0.4) is 0 Å². The van der Waals surface area contributed by atoms with E-state index in [0.717, 1.165) is 37.9 Å². The Labute approximate surface area is 128 Å². The molecule has 0 bridgehead atoms. The van der Waals surface area contributed by atoms with Crippen molar-refractivity contribution in [3.05, 3.63) is 28.7 Å². The number of aryl methyl sites for hydroxylation is 1. The van der Waals surface area contributed by atoms with Crippen LogP contribution in [0.15, 0.2) is 27.4 Å². The Bertz CT molecular complexity index is 726. The summed E-state index contributed by atoms with van der Waals surface area (Å²) >= 11 is 0. The van der Waals surface area contributed by atoms with E-state index in [0.29, 0.717) is 23.6 Å². The van der Waals surface area contributed by atoms with Crippen molar-refractivity contribution < 1.29 is 9.21 Å². The van der Waals surface area contributed by atoms with Crippen LogP contribution in [-0.2, 0) is 11.8 Å². The maximum atomic E-state index is 12.0. The highest BCUT2D eigenvalue weighted by atomic mass is 16.4. The number of aromatic nitrogens is 1. The van der Waals surface area contributed by atoms with Gasteiger partial charge in [0.05, 0.1) is 5.52 Å². The average molecular weight is 303 g/mol. The highest BCUT2D eigenvalue weighted by Crippen LogP contribution is 2.20. The van der Waals surface area contributed by atoms with Crippen LogP contribution in [0.1, 0.15) is 25.7 Å². The van der Waals surface area contributed by atoms with Crippen LogP contribution in [-0.4, -0.2) is 23.6 Å². The zero-order chi connectivity index (χ0) is 15.5. The van der Waals surface area contributed by atoms with Crippen LogP contribution in [0, 0.1) is 5.92 Å². The number of carbonyl (C=O) groups is 1. The first kappa shape index (κ1) is 14.8. The molecule has 6 heteroatoms. The lowest BCUT2D eigenvalue weighted by Gasteiger charge is -2.22. The van der Waals surface area contributed by atoms with E-state index in [2.05, 4.69) is 10.6 Å². The predicted molar refractivity (Wildman–Crippen MR) is 84.9 cm³/mol. The van der Waals surface area contributed by atoms with Crippen molar-refractivity contribution in [3.8, 4) is 0 Å². The monoisotopic (exact) mass is 303 g/mol. The summed E-state index contributed by atoms with van der Waals surface area (Å²) in [6.45, 7) is 2.10. The number of carbonyl (C=O) groups excluding carboxylic acids is 1. The van der Waals surface area contributed by atoms with Crippen molar-refractivity contribution >= 4 is 22.7 Å². The minimum atomic E-state index is -0.399. The van der Waals surface area contributed by atoms with Crippen molar-refractivity contribution in [1.82, 2.24) is 9.88 Å². The molecule has 1 saturated heterocycles. The topological polar surface area (TPSA) is 76.3 Å². The van der Waals surface area contributed by atoms with Crippen LogP contribution < -0.4 is 16.4 Å². The van der Waals surface area contributed by atoms with E-state index in [-0.39, 0.29) is 5.91 Å². The fourth-order valence-corrected chi connectivity index (χ4v) is 2.94. The first-order valence-corrected chi connectivity index (χ1v) is 7.73. The molecule has 118 valence electrons. The molecule has 2 heterocycles. The highest BCUT2D eigenvalue weighted by Gasteiger charge is 2.15. The summed E-state index contributed by atoms with van der Waals surface area (Å²) in [5.74, 6) is 0.252. The van der Waals surface area contributed by atoms with Gasteiger partial charge in [-0.05, 0) is 50.4 Å². The van der Waals surface area contributed by atoms with Crippen LogP contribution in [0.2, 0.25) is 0 Å². The summed E-state index contributed by atoms with van der Waals surface area (Å²) in [5.41, 5.74) is 1.87. The number of benzene rings is 1. The molecule has 2 aromatic rings. The Morgan fingerprint density at radius 2 is 2.18 bits per heavy atom. The molecule has 6 nitrogen and oxygen atoms in total. The molecule has 1 aromatic carbocycles. The summed E-state index contributed by atoms with van der Waals surface area (Å²) in [6.07, 6.45) is 3.75. The standard InChI is InChI=1S/C16H21N3O3/c1-19-13-4-3-12(10-14(13)22-16(19)21)18-15(20)5-2-11-6-8-17-9-7-11/h3-4,10-11,17H,2,5-9H2,1H3,(H,18,20). The third-order valence-electron chi connectivity index (χ3n) is 4.31. The fraction of sp³-hybridized carbons (Fsp3) is 0.500. The van der Waals surface area contributed by atoms with Crippen molar-refractivity contribution in [1.29, 1.82) is 0 Å². The van der Waals surface area contributed by atoms with Gasteiger partial charge < -0.3 is 15.1 Å². The Morgan fingerprint density at radius 1 is 1.41 bits per heavy atom. The lowest BCUT2D eigenvalue weighted by molar-refractivity contribution is -0.116. The van der Waals surface area contributed by atoms with Crippen LogP contribution in [0.25, 0.3) is 11.1 Å². The van der Waals surface area contributed by atoms with Crippen molar-refractivity contribution in [2.75, 3.05) is 18.4 Å². The lowest BCUT2D eigenvalue weighted by atomic mass is 9.93. The molecule has 22 heavy (non-hydrogen) atoms. The smallest absolute Gasteiger partial charge is 0.408 e. The van der Waals surface area contributed by atoms with Crippen molar-refractivity contribution in [2.45, 2.75) is 25.7 Å². The van der Waals surface area contributed by atoms with Gasteiger partial charge in [0, 0.05) is 25.2 Å². The Balaban J connectivity index is 1.60. The third kappa shape index (κ3) is 3.22. The third-order valence-corrected chi connectivity index (χ3v) is 4.31. The van der Waals surface area contributed by atoms with Crippen molar-refractivity contribution in [2.24, 2.45) is 13.0 Å². The highest BCUT2D eigenvalue weighted by molar-refractivity contribution is 5.92. The van der Waals surface area contributed by atoms with Gasteiger partial charge >= 0.3 is 5.76 Å². The zero-order valence-corrected chi connectivity index (χ0v) is 12.7. The second-order valence-corrected chi connectivity index (χ2v) is 5.89. The van der Waals surface area contributed by atoms with Crippen LogP contribution in [0.4, 0.5) is 5.69 Å². The van der Waals surface area contributed by atoms with Gasteiger partial charge in [0.15, 0.2) is 5.58 Å². The molecule has 1 aliphatic heterocycles. The molecule has 1 aromatic heterocycles. The second-order valence-electron chi connectivity index (χ2n) is 5.89. The van der Waals surface area contributed by atoms with Gasteiger partial charge in [-0.15, -0.1) is 0 Å². The normalized spacial score (nSPS) is 16.0. The van der Waals surface area contributed by atoms with Gasteiger partial charge in [-0.2, -0.15) is 0 Å². The molecular formula is C16H21N3O3. The Kier molecular flexibility index (Phi) is 4.29. The summed E-state index contributed by atoms with van der Waals surface area (Å²) in [4.78, 5) is 23.5. The van der Waals surface area contributed by atoms with E-state index in [9.17, 15) is 9.59 Å². The maximum absolute atomic E-state index is 12.0. The SMILES string of the molecule is Cn1c(=O)oc2cc(NC(=O)CCC3CCNCC3)ccc21. The molecule has 0 atom stereocenters. The molecule has 0 saturated carbocycles. The molecule has 0 spiro atoms. The molecule has 3 rings (SSSR count). The number of amides is 1. The Morgan fingerprint density at radius 3 is 2.95 bits per heavy atom. The molecular weight excluding hydrogens is 282 g/mol. The first-order chi connectivity index (χ1) is 10.6. The summed E-state index contributed by atoms with van der Waals surface area (Å²) in [5, 5.41) is 6.20. The second kappa shape index (κ2) is 6.36. The minimum Gasteiger partial charge on any atom is -0.408 e. The lowest BCUT2D eigenvalue weighted by Crippen LogP contribution is -2.28. The number of fused-ring (bicyclic) bond motifs is 1. The van der Waals surface area contributed by atoms with Crippen LogP contribution >= 0.6 is 0 Å². The molecule has 0 radical (unpaired) electrons. The van der Waals surface area contributed by atoms with Crippen LogP contribution in [0.5, 0.6) is 0 Å². The zero-order valence-electron chi connectivity index (χ0n) is 12.7. The molecule has 1 fully saturated rings. The van der Waals surface area contributed by atoms with Gasteiger partial charge in [0.1, 0.15) is 0 Å². The van der Waals surface area contributed by atoms with E-state index in [4.69, 9.17) is 4.42 Å². The maximum Gasteiger partial charge on any atom is 0.419 e. The van der Waals surface area contributed by atoms with Gasteiger partial charge in [-0.3, -0.25) is 9.36 Å². The number of nitrogens with one attached hydrogen (secondary N) is 2. The van der Waals surface area contributed by atoms with Gasteiger partial charge in [0.2, 0.25) is 5.91 Å². The van der Waals surface area contributed by atoms with Crippen molar-refractivity contribution in [3.63, 3.8) is 0 Å². The number of anilines is 1. The summed E-state index contributed by atoms with van der Waals surface area (Å²) in [6, 6.07) is 5.27. The number of nitrogens with zero attached hydrogens (tertiary/aromatic N) is 1.